The molecule has 0 spiro atoms. The number of hydrogen-bond acceptors (Lipinski definition) is 2. The van der Waals surface area contributed by atoms with Crippen LogP contribution in [-0.4, -0.2) is 0 Å². The maximum Gasteiger partial charge on any atom is 0.0887 e. The summed E-state index contributed by atoms with van der Waals surface area (Å²) in [5, 5.41) is 0.736. The molecule has 0 bridgehead atoms. The molecule has 3 heteroatoms. The predicted molar refractivity (Wildman–Crippen MR) is 259 cm³/mol. The van der Waals surface area contributed by atoms with Crippen molar-refractivity contribution in [3.8, 4) is 11.1 Å². The van der Waals surface area contributed by atoms with Gasteiger partial charge >= 0.3 is 0 Å². The zero-order valence-corrected chi connectivity index (χ0v) is 37.3. The van der Waals surface area contributed by atoms with Gasteiger partial charge in [-0.2, -0.15) is 0 Å². The van der Waals surface area contributed by atoms with Crippen molar-refractivity contribution < 1.29 is 0 Å². The van der Waals surface area contributed by atoms with Crippen LogP contribution in [-0.2, 0) is 32.1 Å². The lowest BCUT2D eigenvalue weighted by Gasteiger charge is -2.33. The molecule has 0 unspecified atom stereocenters. The van der Waals surface area contributed by atoms with E-state index in [1.807, 2.05) is 0 Å². The molecule has 0 atom stereocenters. The molecule has 0 saturated heterocycles. The van der Waals surface area contributed by atoms with Gasteiger partial charge in [-0.1, -0.05) is 151 Å². The van der Waals surface area contributed by atoms with Gasteiger partial charge in [0.2, 0.25) is 0 Å². The summed E-state index contributed by atoms with van der Waals surface area (Å²) in [6, 6.07) is 50.4. The second-order valence-electron chi connectivity index (χ2n) is 16.4. The lowest BCUT2D eigenvalue weighted by molar-refractivity contribution is 0.794. The maximum atomic E-state index is 8.02. The van der Waals surface area contributed by atoms with E-state index in [0.717, 1.165) is 84.1 Å². The van der Waals surface area contributed by atoms with Crippen molar-refractivity contribution in [3.05, 3.63) is 166 Å². The fourth-order valence-electron chi connectivity index (χ4n) is 8.08. The van der Waals surface area contributed by atoms with E-state index in [-0.39, 0.29) is 0 Å². The van der Waals surface area contributed by atoms with Gasteiger partial charge in [0, 0.05) is 22.6 Å². The third-order valence-electron chi connectivity index (χ3n) is 11.6. The van der Waals surface area contributed by atoms with Gasteiger partial charge in [-0.05, 0) is 158 Å². The lowest BCUT2D eigenvalue weighted by Crippen LogP contribution is -2.16. The summed E-state index contributed by atoms with van der Waals surface area (Å²) >= 11 is 8.02. The number of aryl methyl sites for hydroxylation is 5. The van der Waals surface area contributed by atoms with Crippen LogP contribution >= 0.6 is 11.6 Å². The van der Waals surface area contributed by atoms with E-state index < -0.39 is 0 Å². The molecule has 0 saturated carbocycles. The summed E-state index contributed by atoms with van der Waals surface area (Å²) < 4.78 is 0. The average Bonchev–Trinajstić information content (AvgIpc) is 3.28. The zero-order chi connectivity index (χ0) is 41.4. The smallest absolute Gasteiger partial charge is 0.0887 e. The number of rotatable bonds is 22. The molecule has 0 amide bonds. The molecule has 2 nitrogen and oxygen atoms in total. The van der Waals surface area contributed by atoms with Crippen LogP contribution in [0.25, 0.3) is 11.1 Å². The predicted octanol–water partition coefficient (Wildman–Crippen LogP) is 17.7. The Morgan fingerprint density at radius 3 is 1.17 bits per heavy atom. The molecule has 6 aromatic carbocycles. The van der Waals surface area contributed by atoms with Crippen LogP contribution in [0, 0.1) is 0 Å². The Bertz CT molecular complexity index is 2100. The van der Waals surface area contributed by atoms with Crippen LogP contribution in [0.15, 0.2) is 133 Å². The molecule has 0 radical (unpaired) electrons. The van der Waals surface area contributed by atoms with Crippen LogP contribution in [0.4, 0.5) is 34.1 Å². The maximum absolute atomic E-state index is 8.02. The fourth-order valence-corrected chi connectivity index (χ4v) is 8.36. The Hall–Kier alpha value is -4.79. The quantitative estimate of drug-likeness (QED) is 0.0675. The molecule has 0 aromatic heterocycles. The third kappa shape index (κ3) is 11.5. The van der Waals surface area contributed by atoms with Crippen molar-refractivity contribution in [1.29, 1.82) is 0 Å². The number of anilines is 6. The molecule has 6 aromatic rings. The van der Waals surface area contributed by atoms with Crippen LogP contribution in [0.5, 0.6) is 0 Å². The van der Waals surface area contributed by atoms with Crippen LogP contribution < -0.4 is 9.80 Å². The van der Waals surface area contributed by atoms with E-state index in [4.69, 9.17) is 11.6 Å². The van der Waals surface area contributed by atoms with Gasteiger partial charge in [-0.25, -0.2) is 0 Å². The standard InChI is InChI=1S/C56H67ClN2/c1-6-11-19-43-26-33-49(34-27-43)58(50-35-28-44(29-36-50)20-12-7-2)54-41-47(23-15-10-5)42-55(56(54)57)59(51-37-30-45(31-38-51)21-13-8-3)53-39-32-46(22-14-9-4)40-52(53)48-24-17-16-18-25-48/h16-18,24-42H,6-15,19-23H2,1-5H3. The van der Waals surface area contributed by atoms with Crippen molar-refractivity contribution in [2.24, 2.45) is 0 Å². The van der Waals surface area contributed by atoms with Crippen molar-refractivity contribution >= 4 is 45.7 Å². The highest BCUT2D eigenvalue weighted by Gasteiger charge is 2.26. The Kier molecular flexibility index (Phi) is 16.7. The van der Waals surface area contributed by atoms with E-state index in [9.17, 15) is 0 Å². The van der Waals surface area contributed by atoms with Gasteiger partial charge in [0.15, 0.2) is 0 Å². The summed E-state index contributed by atoms with van der Waals surface area (Å²) in [4.78, 5) is 4.84. The number of unbranched alkanes of at least 4 members (excludes halogenated alkanes) is 5. The molecular formula is C56H67ClN2. The molecule has 0 heterocycles. The van der Waals surface area contributed by atoms with Gasteiger partial charge in [0.1, 0.15) is 0 Å². The minimum absolute atomic E-state index is 0.736. The minimum Gasteiger partial charge on any atom is -0.309 e. The second-order valence-corrected chi connectivity index (χ2v) is 16.7. The number of halogens is 1. The lowest BCUT2D eigenvalue weighted by atomic mass is 9.96. The van der Waals surface area contributed by atoms with E-state index in [2.05, 4.69) is 178 Å². The van der Waals surface area contributed by atoms with Crippen LogP contribution in [0.3, 0.4) is 0 Å². The van der Waals surface area contributed by atoms with Crippen LogP contribution in [0.1, 0.15) is 127 Å². The van der Waals surface area contributed by atoms with Gasteiger partial charge in [-0.15, -0.1) is 0 Å². The molecular weight excluding hydrogens is 736 g/mol. The molecule has 6 rings (SSSR count). The highest BCUT2D eigenvalue weighted by atomic mass is 35.5. The molecule has 0 fully saturated rings. The average molecular weight is 804 g/mol. The van der Waals surface area contributed by atoms with Gasteiger partial charge in [0.05, 0.1) is 22.1 Å². The van der Waals surface area contributed by atoms with E-state index in [0.29, 0.717) is 0 Å². The first-order chi connectivity index (χ1) is 29.0. The Balaban J connectivity index is 1.61. The third-order valence-corrected chi connectivity index (χ3v) is 12.0. The van der Waals surface area contributed by atoms with Crippen molar-refractivity contribution in [1.82, 2.24) is 0 Å². The number of nitrogens with zero attached hydrogens (tertiary/aromatic N) is 2. The molecule has 59 heavy (non-hydrogen) atoms. The van der Waals surface area contributed by atoms with Crippen molar-refractivity contribution in [3.63, 3.8) is 0 Å². The summed E-state index contributed by atoms with van der Waals surface area (Å²) in [7, 11) is 0. The largest absolute Gasteiger partial charge is 0.309 e. The fraction of sp³-hybridized carbons (Fsp3) is 0.357. The monoisotopic (exact) mass is 802 g/mol. The van der Waals surface area contributed by atoms with Gasteiger partial charge in [0.25, 0.3) is 0 Å². The normalized spacial score (nSPS) is 11.2. The zero-order valence-electron chi connectivity index (χ0n) is 36.6. The second kappa shape index (κ2) is 22.5. The first kappa shape index (κ1) is 43.8. The molecule has 0 aliphatic rings. The van der Waals surface area contributed by atoms with E-state index in [1.54, 1.807) is 0 Å². The van der Waals surface area contributed by atoms with Gasteiger partial charge < -0.3 is 9.80 Å². The Morgan fingerprint density at radius 2 is 0.729 bits per heavy atom. The first-order valence-electron chi connectivity index (χ1n) is 22.9. The van der Waals surface area contributed by atoms with E-state index >= 15 is 0 Å². The molecule has 0 aliphatic heterocycles. The highest BCUT2D eigenvalue weighted by Crippen LogP contribution is 2.49. The Morgan fingerprint density at radius 1 is 0.356 bits per heavy atom. The minimum atomic E-state index is 0.736. The Labute approximate surface area is 362 Å². The molecule has 0 N–H and O–H groups in total. The molecule has 0 aliphatic carbocycles. The summed E-state index contributed by atoms with van der Waals surface area (Å²) in [5.41, 5.74) is 15.7. The highest BCUT2D eigenvalue weighted by molar-refractivity contribution is 6.36. The first-order valence-corrected chi connectivity index (χ1v) is 23.2. The number of benzene rings is 6. The summed E-state index contributed by atoms with van der Waals surface area (Å²) in [6.45, 7) is 11.3. The summed E-state index contributed by atoms with van der Waals surface area (Å²) in [6.07, 6.45) is 17.0. The van der Waals surface area contributed by atoms with E-state index in [1.165, 1.54) is 90.3 Å². The van der Waals surface area contributed by atoms with Crippen molar-refractivity contribution in [2.75, 3.05) is 9.80 Å². The van der Waals surface area contributed by atoms with Gasteiger partial charge in [-0.3, -0.25) is 0 Å². The SMILES string of the molecule is CCCCc1ccc(N(c2ccc(CCCC)cc2)c2cc(CCCC)cc(N(c3ccc(CCCC)cc3)c3ccc(CCCC)cc3-c3ccccc3)c2Cl)cc1. The van der Waals surface area contributed by atoms with Crippen LogP contribution in [0.2, 0.25) is 5.02 Å². The molecule has 308 valence electrons. The summed E-state index contributed by atoms with van der Waals surface area (Å²) in [5.74, 6) is 0. The van der Waals surface area contributed by atoms with Crippen molar-refractivity contribution in [2.45, 2.75) is 131 Å². The topological polar surface area (TPSA) is 6.48 Å². The number of hydrogen-bond donors (Lipinski definition) is 0.